The molecule has 0 aliphatic carbocycles. The summed E-state index contributed by atoms with van der Waals surface area (Å²) in [6.07, 6.45) is 16.9. The summed E-state index contributed by atoms with van der Waals surface area (Å²) in [5.41, 5.74) is 2.01. The third-order valence-electron chi connectivity index (χ3n) is 25.8. The molecule has 1 atom stereocenters. The third-order valence-corrected chi connectivity index (χ3v) is 25.8. The first-order valence-corrected chi connectivity index (χ1v) is 54.3. The zero-order chi connectivity index (χ0) is 103. The predicted molar refractivity (Wildman–Crippen MR) is 583 cm³/mol. The minimum absolute atomic E-state index is 0.000430. The first-order valence-electron chi connectivity index (χ1n) is 54.3. The van der Waals surface area contributed by atoms with E-state index in [9.17, 15) is 0 Å². The van der Waals surface area contributed by atoms with Crippen LogP contribution in [0.4, 0.5) is 17.5 Å². The van der Waals surface area contributed by atoms with Gasteiger partial charge in [-0.2, -0.15) is 0 Å². The number of pyridine rings is 2. The molecule has 9 aliphatic heterocycles. The van der Waals surface area contributed by atoms with E-state index in [1.165, 1.54) is 195 Å². The molecule has 3 aromatic heterocycles. The van der Waals surface area contributed by atoms with Gasteiger partial charge in [0.05, 0.1) is 78.8 Å². The number of hydrogen-bond donors (Lipinski definition) is 1. The van der Waals surface area contributed by atoms with E-state index in [-0.39, 0.29) is 39.2 Å². The Balaban J connectivity index is 0.000000253. The van der Waals surface area contributed by atoms with Crippen molar-refractivity contribution in [3.8, 4) is 17.4 Å². The minimum Gasteiger partial charge on any atom is -0.487 e. The van der Waals surface area contributed by atoms with Gasteiger partial charge >= 0.3 is 0 Å². The Morgan fingerprint density at radius 1 is 0.319 bits per heavy atom. The van der Waals surface area contributed by atoms with Gasteiger partial charge in [-0.3, -0.25) is 39.2 Å². The Labute approximate surface area is 847 Å². The summed E-state index contributed by atoms with van der Waals surface area (Å²) in [5, 5.41) is 3.42. The van der Waals surface area contributed by atoms with Crippen molar-refractivity contribution < 1.29 is 33.2 Å². The van der Waals surface area contributed by atoms with E-state index in [1.54, 1.807) is 12.4 Å². The standard InChI is InChI=1S/2C19H33N3O2.C19H39N3O.C19H39N3.C18H32N4O2.C14H29N3.C4H10/c1-18(2,3)23-14-13-21-9-11-22(12-10-21)17-8-7-16(15-20-17)24-19(4,5)6;1-18(2,3)23-14-13-21-9-11-22(12-10-21)16-7-8-17(20-15-16)24-19(4,5)6;1-18(2,3)22-15-13-21(14-16-22)12-11-20-9-7-17(8-10-20)23-19(4,5)6;1-18(2,3)9-7-10-20-11-8-17(16-20)21-12-14-22(15-13-21)19(4,5)6;1-17(2,3)23-12-11-21-7-9-22(10-8-21)16-19-13-15(14-20-16)24-18(4,5)6;1-14(2,3)5-4-8-16-11-13(12-16)17-9-6-15-7-10-17;1-4(2)3/h2*7-8,15H,9-14H2,1-6H3;17H,7-16H2,1-6H3;17H,7-16H2,1-6H3;13-14H,7-12H2,1-6H3;13,15H,4-12H2,1-3H3;4H,1-3H3. The van der Waals surface area contributed by atoms with Crippen molar-refractivity contribution in [2.45, 2.75) is 363 Å². The number of ether oxygens (including phenoxy) is 7. The highest BCUT2D eigenvalue weighted by molar-refractivity contribution is 5.46. The number of likely N-dealkylation sites (tertiary alicyclic amines) is 3. The molecule has 26 nitrogen and oxygen atoms in total. The summed E-state index contributed by atoms with van der Waals surface area (Å²) in [6, 6.07) is 9.80. The lowest BCUT2D eigenvalue weighted by Crippen LogP contribution is -2.62. The highest BCUT2D eigenvalue weighted by Gasteiger charge is 2.36. The summed E-state index contributed by atoms with van der Waals surface area (Å²) in [4.78, 5) is 53.5. The van der Waals surface area contributed by atoms with Crippen LogP contribution in [0.15, 0.2) is 49.1 Å². The van der Waals surface area contributed by atoms with E-state index in [4.69, 9.17) is 33.2 Å². The number of rotatable bonds is 27. The van der Waals surface area contributed by atoms with Crippen LogP contribution in [0.3, 0.4) is 0 Å². The number of nitrogens with one attached hydrogen (secondary N) is 1. The number of piperazine rings is 6. The largest absolute Gasteiger partial charge is 0.487 e. The Morgan fingerprint density at radius 3 is 1.09 bits per heavy atom. The zero-order valence-corrected chi connectivity index (χ0v) is 96.1. The quantitative estimate of drug-likeness (QED) is 0.0762. The first-order chi connectivity index (χ1) is 63.9. The second kappa shape index (κ2) is 57.0. The topological polar surface area (TPSA) is 174 Å². The van der Waals surface area contributed by atoms with Crippen molar-refractivity contribution in [1.29, 1.82) is 0 Å². The summed E-state index contributed by atoms with van der Waals surface area (Å²) in [6.45, 7) is 123. The zero-order valence-electron chi connectivity index (χ0n) is 96.1. The molecule has 0 radical (unpaired) electrons. The fourth-order valence-electron chi connectivity index (χ4n) is 18.2. The van der Waals surface area contributed by atoms with Crippen LogP contribution in [-0.4, -0.2) is 404 Å². The molecule has 3 aromatic rings. The van der Waals surface area contributed by atoms with Crippen LogP contribution in [0.5, 0.6) is 17.4 Å². The smallest absolute Gasteiger partial charge is 0.225 e. The fourth-order valence-corrected chi connectivity index (χ4v) is 18.2. The van der Waals surface area contributed by atoms with Crippen molar-refractivity contribution in [3.63, 3.8) is 0 Å². The van der Waals surface area contributed by atoms with E-state index < -0.39 is 0 Å². The van der Waals surface area contributed by atoms with Gasteiger partial charge in [0.2, 0.25) is 11.8 Å². The van der Waals surface area contributed by atoms with Gasteiger partial charge in [-0.1, -0.05) is 62.3 Å². The lowest BCUT2D eigenvalue weighted by atomic mass is 9.90. The SMILES string of the molecule is CC(C)(C)CCCN1CC(N2CCNCC2)C1.CC(C)(C)CCCN1CCC(N2CCN(C(C)(C)C)CC2)C1.CC(C)(C)OC1CCN(CCN2CCN(C(C)(C)C)CC2)CC1.CC(C)(C)OCCN1CCN(c2ccc(OC(C)(C)C)cn2)CC1.CC(C)(C)OCCN1CCN(c2ccc(OC(C)(C)C)nc2)CC1.CC(C)(C)OCCN1CCN(c2ncc(OC(C)(C)C)cn2)CC1.CC(C)C. The maximum absolute atomic E-state index is 6.12. The molecule has 0 spiro atoms. The van der Waals surface area contributed by atoms with Gasteiger partial charge < -0.3 is 67.9 Å². The first kappa shape index (κ1) is 122. The average Bonchev–Trinajstić information content (AvgIpc) is 1.02. The molecule has 26 heteroatoms. The van der Waals surface area contributed by atoms with Crippen molar-refractivity contribution in [1.82, 2.24) is 79.2 Å². The summed E-state index contributed by atoms with van der Waals surface area (Å²) in [5.74, 6) is 4.86. The molecular weight excluding hydrogens is 1720 g/mol. The van der Waals surface area contributed by atoms with Gasteiger partial charge in [0.25, 0.3) is 0 Å². The molecule has 1 unspecified atom stereocenters. The van der Waals surface area contributed by atoms with Gasteiger partial charge in [-0.15, -0.1) is 0 Å². The van der Waals surface area contributed by atoms with E-state index >= 15 is 0 Å². The number of hydrogen-bond acceptors (Lipinski definition) is 26. The minimum atomic E-state index is -0.231. The van der Waals surface area contributed by atoms with Gasteiger partial charge in [0.1, 0.15) is 28.4 Å². The molecule has 9 aliphatic rings. The molecule has 138 heavy (non-hydrogen) atoms. The number of anilines is 3. The highest BCUT2D eigenvalue weighted by atomic mass is 16.5. The van der Waals surface area contributed by atoms with Crippen LogP contribution >= 0.6 is 0 Å². The second-order valence-corrected chi connectivity index (χ2v) is 52.4. The van der Waals surface area contributed by atoms with E-state index in [0.717, 1.165) is 154 Å². The van der Waals surface area contributed by atoms with Crippen LogP contribution in [0, 0.1) is 16.7 Å². The fraction of sp³-hybridized carbons (Fsp3) is 0.875. The third kappa shape index (κ3) is 54.6. The molecule has 12 heterocycles. The summed E-state index contributed by atoms with van der Waals surface area (Å²) in [7, 11) is 0. The maximum Gasteiger partial charge on any atom is 0.225 e. The van der Waals surface area contributed by atoms with Crippen molar-refractivity contribution in [2.24, 2.45) is 16.7 Å². The van der Waals surface area contributed by atoms with Crippen LogP contribution in [0.25, 0.3) is 0 Å². The van der Waals surface area contributed by atoms with Crippen LogP contribution in [0.2, 0.25) is 0 Å². The van der Waals surface area contributed by atoms with Gasteiger partial charge in [0, 0.05) is 252 Å². The lowest BCUT2D eigenvalue weighted by Gasteiger charge is -2.47. The monoisotopic (exact) mass is 1940 g/mol. The van der Waals surface area contributed by atoms with Crippen LogP contribution in [-0.2, 0) is 18.9 Å². The predicted octanol–water partition coefficient (Wildman–Crippen LogP) is 18.0. The number of aromatic nitrogens is 4. The Morgan fingerprint density at radius 2 is 0.696 bits per heavy atom. The van der Waals surface area contributed by atoms with Crippen molar-refractivity contribution in [3.05, 3.63) is 49.1 Å². The number of piperidine rings is 1. The average molecular weight is 1940 g/mol. The second-order valence-electron chi connectivity index (χ2n) is 52.4. The van der Waals surface area contributed by atoms with E-state index in [2.05, 4.69) is 293 Å². The molecule has 0 bridgehead atoms. The Kier molecular flexibility index (Phi) is 50.5. The normalized spacial score (nSPS) is 20.6. The van der Waals surface area contributed by atoms with E-state index in [0.29, 0.717) is 39.6 Å². The molecule has 0 saturated carbocycles. The lowest BCUT2D eigenvalue weighted by molar-refractivity contribution is -0.0825. The van der Waals surface area contributed by atoms with Crippen LogP contribution in [0.1, 0.15) is 294 Å². The van der Waals surface area contributed by atoms with E-state index in [1.807, 2.05) is 86.8 Å². The molecule has 9 fully saturated rings. The molecular formula is C112H215N19O7. The molecule has 9 saturated heterocycles. The molecule has 800 valence electrons. The Bertz CT molecular complexity index is 3420. The maximum atomic E-state index is 6.12. The summed E-state index contributed by atoms with van der Waals surface area (Å²) < 4.78 is 40.9. The molecule has 0 aromatic carbocycles. The van der Waals surface area contributed by atoms with Crippen molar-refractivity contribution in [2.75, 3.05) is 277 Å². The van der Waals surface area contributed by atoms with Crippen LogP contribution < -0.4 is 34.2 Å². The summed E-state index contributed by atoms with van der Waals surface area (Å²) >= 11 is 0. The van der Waals surface area contributed by atoms with Gasteiger partial charge in [-0.25, -0.2) is 19.9 Å². The van der Waals surface area contributed by atoms with Crippen molar-refractivity contribution >= 4 is 17.5 Å². The van der Waals surface area contributed by atoms with Gasteiger partial charge in [-0.05, 0) is 286 Å². The molecule has 12 rings (SSSR count). The Hall–Kier alpha value is -4.46. The number of nitrogens with zero attached hydrogens (tertiary/aromatic N) is 18. The van der Waals surface area contributed by atoms with Gasteiger partial charge in [0.15, 0.2) is 5.75 Å². The molecule has 0 amide bonds. The highest BCUT2D eigenvalue weighted by Crippen LogP contribution is 2.31. The molecule has 1 N–H and O–H groups in total.